The summed E-state index contributed by atoms with van der Waals surface area (Å²) in [5, 5.41) is 0. The Morgan fingerprint density at radius 2 is 1.78 bits per heavy atom. The minimum atomic E-state index is -3.35. The third kappa shape index (κ3) is 7.38. The second-order valence-electron chi connectivity index (χ2n) is 4.75. The van der Waals surface area contributed by atoms with Crippen LogP contribution >= 0.6 is 0 Å². The van der Waals surface area contributed by atoms with E-state index in [1.165, 1.54) is 6.42 Å². The zero-order valence-electron chi connectivity index (χ0n) is 11.0. The lowest BCUT2D eigenvalue weighted by Gasteiger charge is -2.11. The number of hydrogen-bond acceptors (Lipinski definition) is 4. The fraction of sp³-hybridized carbons (Fsp3) is 0.917. The molecular formula is C12H23O4S2+. The van der Waals surface area contributed by atoms with E-state index >= 15 is 0 Å². The van der Waals surface area contributed by atoms with Crippen LogP contribution in [0, 0.1) is 0 Å². The summed E-state index contributed by atoms with van der Waals surface area (Å²) in [6, 6.07) is 0. The highest BCUT2D eigenvalue weighted by Gasteiger charge is 2.30. The average Bonchev–Trinajstić information content (AvgIpc) is 2.28. The molecule has 1 aliphatic rings. The molecule has 1 rings (SSSR count). The van der Waals surface area contributed by atoms with Crippen molar-refractivity contribution in [2.24, 2.45) is 0 Å². The molecule has 0 amide bonds. The van der Waals surface area contributed by atoms with Crippen molar-refractivity contribution in [2.45, 2.75) is 51.9 Å². The number of ketones is 1. The molecule has 0 aliphatic carbocycles. The number of Topliss-reactive ketones (excluding diaryl/α,β-unsaturated/α-hetero) is 1. The summed E-state index contributed by atoms with van der Waals surface area (Å²) in [6.07, 6.45) is 6.04. The second-order valence-corrected chi connectivity index (χ2v) is 8.52. The number of hydrogen-bond donors (Lipinski definition) is 0. The van der Waals surface area contributed by atoms with E-state index in [2.05, 4.69) is 0 Å². The number of carbonyl (C=O) groups is 1. The normalized spacial score (nSPS) is 17.8. The molecule has 0 unspecified atom stereocenters. The second kappa shape index (κ2) is 8.17. The molecule has 0 spiro atoms. The lowest BCUT2D eigenvalue weighted by atomic mass is 10.2. The average molecular weight is 295 g/mol. The first-order chi connectivity index (χ1) is 8.49. The summed E-state index contributed by atoms with van der Waals surface area (Å²) >= 11 is -0.371. The van der Waals surface area contributed by atoms with Crippen molar-refractivity contribution >= 4 is 27.1 Å². The van der Waals surface area contributed by atoms with Gasteiger partial charge >= 0.3 is 10.1 Å². The van der Waals surface area contributed by atoms with Crippen LogP contribution in [-0.4, -0.2) is 31.5 Å². The number of rotatable bonds is 8. The fourth-order valence-electron chi connectivity index (χ4n) is 1.88. The first kappa shape index (κ1) is 16.0. The van der Waals surface area contributed by atoms with E-state index in [0.29, 0.717) is 12.8 Å². The van der Waals surface area contributed by atoms with Gasteiger partial charge in [-0.2, -0.15) is 8.42 Å². The summed E-state index contributed by atoms with van der Waals surface area (Å²) in [5.74, 6) is 2.04. The van der Waals surface area contributed by atoms with Gasteiger partial charge in [0.2, 0.25) is 0 Å². The third-order valence-corrected chi connectivity index (χ3v) is 6.74. The van der Waals surface area contributed by atoms with Crippen LogP contribution in [0.15, 0.2) is 0 Å². The monoisotopic (exact) mass is 295 g/mol. The van der Waals surface area contributed by atoms with Crippen molar-refractivity contribution in [3.63, 3.8) is 0 Å². The van der Waals surface area contributed by atoms with E-state index in [1.807, 2.05) is 0 Å². The van der Waals surface area contributed by atoms with E-state index in [1.54, 1.807) is 6.92 Å². The molecule has 0 aromatic heterocycles. The van der Waals surface area contributed by atoms with Gasteiger partial charge in [-0.25, -0.2) is 0 Å². The van der Waals surface area contributed by atoms with Crippen LogP contribution in [0.3, 0.4) is 0 Å². The molecule has 0 N–H and O–H groups in total. The molecule has 0 bridgehead atoms. The molecule has 0 aromatic rings. The van der Waals surface area contributed by atoms with Gasteiger partial charge in [0.25, 0.3) is 0 Å². The van der Waals surface area contributed by atoms with Crippen molar-refractivity contribution < 1.29 is 16.8 Å². The molecule has 4 nitrogen and oxygen atoms in total. The van der Waals surface area contributed by atoms with Crippen molar-refractivity contribution in [1.82, 2.24) is 0 Å². The van der Waals surface area contributed by atoms with E-state index in [4.69, 9.17) is 3.63 Å². The summed E-state index contributed by atoms with van der Waals surface area (Å²) in [5.41, 5.74) is 0. The van der Waals surface area contributed by atoms with Gasteiger partial charge in [-0.05, 0) is 42.7 Å². The van der Waals surface area contributed by atoms with E-state index in [-0.39, 0.29) is 22.7 Å². The Morgan fingerprint density at radius 1 is 1.11 bits per heavy atom. The lowest BCUT2D eigenvalue weighted by Crippen LogP contribution is -2.24. The van der Waals surface area contributed by atoms with Gasteiger partial charge in [0, 0.05) is 6.42 Å². The third-order valence-electron chi connectivity index (χ3n) is 2.87. The lowest BCUT2D eigenvalue weighted by molar-refractivity contribution is -0.117. The van der Waals surface area contributed by atoms with Crippen LogP contribution in [-0.2, 0) is 29.7 Å². The Kier molecular flexibility index (Phi) is 7.26. The van der Waals surface area contributed by atoms with Gasteiger partial charge in [-0.15, -0.1) is 0 Å². The van der Waals surface area contributed by atoms with Gasteiger partial charge in [0.05, 0.1) is 5.75 Å². The SMILES string of the molecule is CC(=O)CCCCCS(=O)(=O)O[S+]1CCCCC1. The van der Waals surface area contributed by atoms with Gasteiger partial charge in [-0.1, -0.05) is 6.42 Å². The van der Waals surface area contributed by atoms with E-state index in [0.717, 1.165) is 37.2 Å². The fourth-order valence-corrected chi connectivity index (χ4v) is 5.69. The van der Waals surface area contributed by atoms with Crippen LogP contribution in [0.25, 0.3) is 0 Å². The highest BCUT2D eigenvalue weighted by Crippen LogP contribution is 2.18. The largest absolute Gasteiger partial charge is 0.311 e. The van der Waals surface area contributed by atoms with Gasteiger partial charge < -0.3 is 4.79 Å². The highest BCUT2D eigenvalue weighted by molar-refractivity contribution is 8.02. The van der Waals surface area contributed by atoms with E-state index in [9.17, 15) is 13.2 Å². The maximum Gasteiger partial charge on any atom is 0.311 e. The molecule has 18 heavy (non-hydrogen) atoms. The van der Waals surface area contributed by atoms with Crippen molar-refractivity contribution in [3.8, 4) is 0 Å². The predicted molar refractivity (Wildman–Crippen MR) is 75.0 cm³/mol. The summed E-state index contributed by atoms with van der Waals surface area (Å²) in [4.78, 5) is 10.7. The Balaban J connectivity index is 2.16. The minimum Gasteiger partial charge on any atom is -0.300 e. The molecule has 1 fully saturated rings. The van der Waals surface area contributed by atoms with Gasteiger partial charge in [0.15, 0.2) is 11.2 Å². The Hall–Kier alpha value is -0.0700. The van der Waals surface area contributed by atoms with E-state index < -0.39 is 10.1 Å². The molecule has 1 saturated heterocycles. The van der Waals surface area contributed by atoms with Crippen LogP contribution in [0.2, 0.25) is 0 Å². The zero-order valence-corrected chi connectivity index (χ0v) is 12.7. The molecule has 106 valence electrons. The standard InChI is InChI=1S/C12H23O4S2/c1-12(13)8-4-2-7-11-18(14,15)16-17-9-5-3-6-10-17/h2-11H2,1H3/q+1. The summed E-state index contributed by atoms with van der Waals surface area (Å²) in [6.45, 7) is 1.56. The van der Waals surface area contributed by atoms with Crippen LogP contribution in [0.5, 0.6) is 0 Å². The molecule has 6 heteroatoms. The Morgan fingerprint density at radius 3 is 2.39 bits per heavy atom. The summed E-state index contributed by atoms with van der Waals surface area (Å²) < 4.78 is 28.7. The van der Waals surface area contributed by atoms with Crippen molar-refractivity contribution in [2.75, 3.05) is 17.3 Å². The minimum absolute atomic E-state index is 0.0917. The number of unbranched alkanes of at least 4 members (excludes halogenated alkanes) is 2. The molecule has 0 radical (unpaired) electrons. The molecule has 0 aromatic carbocycles. The van der Waals surface area contributed by atoms with Gasteiger partial charge in [-0.3, -0.25) is 0 Å². The van der Waals surface area contributed by atoms with Gasteiger partial charge in [0.1, 0.15) is 17.3 Å². The van der Waals surface area contributed by atoms with Crippen LogP contribution in [0.1, 0.15) is 51.9 Å². The molecular weight excluding hydrogens is 272 g/mol. The quantitative estimate of drug-likeness (QED) is 0.509. The smallest absolute Gasteiger partial charge is 0.300 e. The first-order valence-electron chi connectivity index (χ1n) is 6.59. The van der Waals surface area contributed by atoms with Crippen molar-refractivity contribution in [1.29, 1.82) is 0 Å². The Bertz CT molecular complexity index is 345. The molecule has 0 atom stereocenters. The Labute approximate surface area is 113 Å². The van der Waals surface area contributed by atoms with Crippen LogP contribution in [0.4, 0.5) is 0 Å². The number of carbonyl (C=O) groups excluding carboxylic acids is 1. The zero-order chi connectivity index (χ0) is 13.4. The predicted octanol–water partition coefficient (Wildman–Crippen LogP) is 2.20. The first-order valence-corrected chi connectivity index (χ1v) is 9.66. The van der Waals surface area contributed by atoms with Crippen LogP contribution < -0.4 is 0 Å². The molecule has 0 saturated carbocycles. The molecule has 1 heterocycles. The van der Waals surface area contributed by atoms with Crippen molar-refractivity contribution in [3.05, 3.63) is 0 Å². The molecule has 1 aliphatic heterocycles. The maximum atomic E-state index is 11.7. The highest BCUT2D eigenvalue weighted by atomic mass is 32.3. The topological polar surface area (TPSA) is 60.4 Å². The summed E-state index contributed by atoms with van der Waals surface area (Å²) in [7, 11) is -3.35. The maximum absolute atomic E-state index is 11.7.